The Morgan fingerprint density at radius 3 is 2.13 bits per heavy atom. The number of aromatic nitrogens is 2. The number of nitrogens with zero attached hydrogens (tertiary/aromatic N) is 2. The molecule has 1 saturated heterocycles. The number of benzene rings is 2. The van der Waals surface area contributed by atoms with E-state index >= 15 is 0 Å². The second kappa shape index (κ2) is 8.24. The van der Waals surface area contributed by atoms with E-state index in [1.165, 1.54) is 0 Å². The molecule has 0 radical (unpaired) electrons. The summed E-state index contributed by atoms with van der Waals surface area (Å²) in [7, 11) is 1.83. The number of carbonyl (C=O) groups is 1. The number of hydrogen-bond donors (Lipinski definition) is 2. The van der Waals surface area contributed by atoms with E-state index in [1.807, 2.05) is 67.7 Å². The molecular weight excluding hydrogens is 446 g/mol. The van der Waals surface area contributed by atoms with Gasteiger partial charge in [0.2, 0.25) is 0 Å². The zero-order valence-electron chi connectivity index (χ0n) is 16.7. The monoisotopic (exact) mass is 469 g/mol. The lowest BCUT2D eigenvalue weighted by atomic mass is 9.72. The summed E-state index contributed by atoms with van der Waals surface area (Å²) in [5, 5.41) is 12.9. The Balaban J connectivity index is 1.71. The first-order valence-corrected chi connectivity index (χ1v) is 10.8. The highest BCUT2D eigenvalue weighted by Crippen LogP contribution is 2.40. The smallest absolute Gasteiger partial charge is 0.314 e. The zero-order chi connectivity index (χ0) is 21.3. The van der Waals surface area contributed by atoms with E-state index in [2.05, 4.69) is 25.9 Å². The Labute approximate surface area is 183 Å². The molecule has 0 aliphatic carbocycles. The van der Waals surface area contributed by atoms with Gasteiger partial charge in [-0.15, -0.1) is 0 Å². The first kappa shape index (κ1) is 20.6. The molecule has 1 aromatic heterocycles. The molecule has 1 unspecified atom stereocenters. The molecule has 0 saturated carbocycles. The van der Waals surface area contributed by atoms with Crippen molar-refractivity contribution in [2.75, 3.05) is 13.1 Å². The molecule has 0 bridgehead atoms. The van der Waals surface area contributed by atoms with Gasteiger partial charge in [-0.25, -0.2) is 0 Å². The first-order chi connectivity index (χ1) is 14.4. The molecule has 156 valence electrons. The first-order valence-electron chi connectivity index (χ1n) is 9.96. The van der Waals surface area contributed by atoms with Gasteiger partial charge in [0.1, 0.15) is 4.47 Å². The van der Waals surface area contributed by atoms with Gasteiger partial charge in [0.15, 0.2) is 0 Å². The number of halogens is 1. The fraction of sp³-hybridized carbons (Fsp3) is 0.304. The molecule has 1 aliphatic heterocycles. The van der Waals surface area contributed by atoms with E-state index in [4.69, 9.17) is 0 Å². The number of aromatic amines is 1. The average Bonchev–Trinajstić information content (AvgIpc) is 3.02. The van der Waals surface area contributed by atoms with E-state index in [-0.39, 0.29) is 11.6 Å². The minimum absolute atomic E-state index is 0.160. The van der Waals surface area contributed by atoms with Crippen molar-refractivity contribution in [1.29, 1.82) is 0 Å². The Morgan fingerprint density at radius 2 is 1.63 bits per heavy atom. The van der Waals surface area contributed by atoms with Crippen LogP contribution in [0.2, 0.25) is 0 Å². The molecular formula is C23H24BrN3O3. The lowest BCUT2D eigenvalue weighted by Crippen LogP contribution is -2.48. The minimum Gasteiger partial charge on any atom is -0.481 e. The lowest BCUT2D eigenvalue weighted by molar-refractivity contribution is -0.146. The molecule has 1 fully saturated rings. The van der Waals surface area contributed by atoms with Gasteiger partial charge >= 0.3 is 5.97 Å². The van der Waals surface area contributed by atoms with Crippen LogP contribution < -0.4 is 5.56 Å². The summed E-state index contributed by atoms with van der Waals surface area (Å²) in [5.74, 6) is -0.778. The van der Waals surface area contributed by atoms with Crippen molar-refractivity contribution < 1.29 is 9.90 Å². The van der Waals surface area contributed by atoms with Crippen LogP contribution in [-0.2, 0) is 17.3 Å². The number of H-pyrrole nitrogens is 1. The van der Waals surface area contributed by atoms with E-state index in [0.29, 0.717) is 30.4 Å². The lowest BCUT2D eigenvalue weighted by Gasteiger charge is -2.42. The van der Waals surface area contributed by atoms with Crippen molar-refractivity contribution in [3.8, 4) is 0 Å². The van der Waals surface area contributed by atoms with Gasteiger partial charge < -0.3 is 5.11 Å². The van der Waals surface area contributed by atoms with Gasteiger partial charge in [-0.05, 0) is 39.9 Å². The fourth-order valence-electron chi connectivity index (χ4n) is 4.55. The van der Waals surface area contributed by atoms with Crippen molar-refractivity contribution >= 4 is 21.9 Å². The Bertz CT molecular complexity index is 1080. The third-order valence-electron chi connectivity index (χ3n) is 6.18. The van der Waals surface area contributed by atoms with Crippen LogP contribution in [0.15, 0.2) is 69.9 Å². The van der Waals surface area contributed by atoms with Crippen LogP contribution >= 0.6 is 15.9 Å². The van der Waals surface area contributed by atoms with E-state index in [9.17, 15) is 14.7 Å². The summed E-state index contributed by atoms with van der Waals surface area (Å²) in [6.07, 6.45) is 1.01. The molecule has 3 aromatic rings. The average molecular weight is 470 g/mol. The summed E-state index contributed by atoms with van der Waals surface area (Å²) in [5.41, 5.74) is 1.70. The molecule has 2 aromatic carbocycles. The third kappa shape index (κ3) is 3.52. The molecule has 2 heterocycles. The zero-order valence-corrected chi connectivity index (χ0v) is 18.3. The van der Waals surface area contributed by atoms with Gasteiger partial charge in [-0.2, -0.15) is 0 Å². The van der Waals surface area contributed by atoms with E-state index in [1.54, 1.807) is 4.68 Å². The molecule has 1 aliphatic rings. The van der Waals surface area contributed by atoms with Gasteiger partial charge in [0, 0.05) is 20.1 Å². The van der Waals surface area contributed by atoms with Crippen LogP contribution in [0.25, 0.3) is 0 Å². The number of nitrogens with one attached hydrogen (secondary N) is 1. The van der Waals surface area contributed by atoms with Crippen molar-refractivity contribution in [2.45, 2.75) is 24.3 Å². The van der Waals surface area contributed by atoms with Gasteiger partial charge in [0.05, 0.1) is 17.2 Å². The normalized spacial score (nSPS) is 17.5. The summed E-state index contributed by atoms with van der Waals surface area (Å²) >= 11 is 3.46. The predicted octanol–water partition coefficient (Wildman–Crippen LogP) is 3.68. The summed E-state index contributed by atoms with van der Waals surface area (Å²) in [6, 6.07) is 19.4. The Kier molecular flexibility index (Phi) is 5.66. The molecule has 6 nitrogen and oxygen atoms in total. The van der Waals surface area contributed by atoms with Crippen LogP contribution in [0.1, 0.15) is 35.7 Å². The SMILES string of the molecule is Cn1[nH]c(=O)c(Br)c1C(c1ccccc1)N1CCC(C(=O)O)(c2ccccc2)CC1. The number of carboxylic acid groups (broad SMARTS) is 1. The highest BCUT2D eigenvalue weighted by atomic mass is 79.9. The van der Waals surface area contributed by atoms with Crippen LogP contribution in [0.4, 0.5) is 0 Å². The van der Waals surface area contributed by atoms with E-state index in [0.717, 1.165) is 16.8 Å². The number of carboxylic acids is 1. The van der Waals surface area contributed by atoms with Crippen LogP contribution in [0, 0.1) is 0 Å². The Hall–Kier alpha value is -2.64. The fourth-order valence-corrected chi connectivity index (χ4v) is 5.12. The van der Waals surface area contributed by atoms with Crippen molar-refractivity contribution in [1.82, 2.24) is 14.7 Å². The molecule has 2 N–H and O–H groups in total. The third-order valence-corrected chi connectivity index (χ3v) is 6.95. The molecule has 0 amide bonds. The number of piperidine rings is 1. The van der Waals surface area contributed by atoms with Gasteiger partial charge in [-0.3, -0.25) is 24.3 Å². The van der Waals surface area contributed by atoms with Crippen molar-refractivity contribution in [3.63, 3.8) is 0 Å². The molecule has 4 rings (SSSR count). The van der Waals surface area contributed by atoms with Crippen LogP contribution in [0.5, 0.6) is 0 Å². The number of likely N-dealkylation sites (tertiary alicyclic amines) is 1. The van der Waals surface area contributed by atoms with Crippen molar-refractivity contribution in [2.24, 2.45) is 7.05 Å². The summed E-state index contributed by atoms with van der Waals surface area (Å²) in [4.78, 5) is 26.8. The van der Waals surface area contributed by atoms with Gasteiger partial charge in [-0.1, -0.05) is 60.7 Å². The highest BCUT2D eigenvalue weighted by Gasteiger charge is 2.45. The number of aryl methyl sites for hydroxylation is 1. The van der Waals surface area contributed by atoms with Gasteiger partial charge in [0.25, 0.3) is 5.56 Å². The predicted molar refractivity (Wildman–Crippen MR) is 119 cm³/mol. The second-order valence-corrected chi connectivity index (χ2v) is 8.59. The largest absolute Gasteiger partial charge is 0.481 e. The number of hydrogen-bond acceptors (Lipinski definition) is 3. The maximum atomic E-state index is 12.3. The Morgan fingerprint density at radius 1 is 1.07 bits per heavy atom. The second-order valence-electron chi connectivity index (χ2n) is 7.80. The highest BCUT2D eigenvalue weighted by molar-refractivity contribution is 9.10. The van der Waals surface area contributed by atoms with Crippen LogP contribution in [-0.4, -0.2) is 38.8 Å². The summed E-state index contributed by atoms with van der Waals surface area (Å²) < 4.78 is 2.26. The topological polar surface area (TPSA) is 78.3 Å². The molecule has 7 heteroatoms. The number of aliphatic carboxylic acids is 1. The molecule has 1 atom stereocenters. The minimum atomic E-state index is -0.889. The quantitative estimate of drug-likeness (QED) is 0.597. The van der Waals surface area contributed by atoms with E-state index < -0.39 is 11.4 Å². The molecule has 0 spiro atoms. The molecule has 30 heavy (non-hydrogen) atoms. The summed E-state index contributed by atoms with van der Waals surface area (Å²) in [6.45, 7) is 1.21. The van der Waals surface area contributed by atoms with Crippen LogP contribution in [0.3, 0.4) is 0 Å². The maximum Gasteiger partial charge on any atom is 0.314 e. The number of rotatable bonds is 5. The van der Waals surface area contributed by atoms with Crippen molar-refractivity contribution in [3.05, 3.63) is 92.3 Å². The standard InChI is InChI=1S/C23H24BrN3O3/c1-26-20(18(24)21(28)25-26)19(16-8-4-2-5-9-16)27-14-12-23(13-15-27,22(29)30)17-10-6-3-7-11-17/h2-11,19H,12-15H2,1H3,(H,25,28)(H,29,30). The maximum absolute atomic E-state index is 12.3.